The van der Waals surface area contributed by atoms with Crippen molar-refractivity contribution in [2.24, 2.45) is 0 Å². The number of hydrogen-bond acceptors (Lipinski definition) is 2. The molecule has 1 rings (SSSR count). The lowest BCUT2D eigenvalue weighted by molar-refractivity contribution is -0.120. The highest BCUT2D eigenvalue weighted by Crippen LogP contribution is 2.21. The van der Waals surface area contributed by atoms with Gasteiger partial charge in [-0.3, -0.25) is 4.79 Å². The SMILES string of the molecule is CNCC(=O)NC(C)c1ccccc1Cl.Cl. The molecule has 0 aromatic heterocycles. The fraction of sp³-hybridized carbons (Fsp3) is 0.364. The van der Waals surface area contributed by atoms with Crippen LogP contribution in [0, 0.1) is 0 Å². The van der Waals surface area contributed by atoms with Gasteiger partial charge in [-0.05, 0) is 25.6 Å². The Kier molecular flexibility index (Phi) is 7.13. The maximum Gasteiger partial charge on any atom is 0.234 e. The van der Waals surface area contributed by atoms with Crippen LogP contribution in [0.4, 0.5) is 0 Å². The molecule has 90 valence electrons. The highest BCUT2D eigenvalue weighted by molar-refractivity contribution is 6.31. The molecule has 5 heteroatoms. The zero-order valence-electron chi connectivity index (χ0n) is 9.29. The molecule has 0 aliphatic heterocycles. The van der Waals surface area contributed by atoms with Crippen molar-refractivity contribution in [2.45, 2.75) is 13.0 Å². The Balaban J connectivity index is 0.00000225. The molecule has 0 fully saturated rings. The monoisotopic (exact) mass is 262 g/mol. The molecule has 1 aromatic carbocycles. The highest BCUT2D eigenvalue weighted by Gasteiger charge is 2.10. The highest BCUT2D eigenvalue weighted by atomic mass is 35.5. The predicted molar refractivity (Wildman–Crippen MR) is 69.2 cm³/mol. The van der Waals surface area contributed by atoms with Crippen LogP contribution in [0.15, 0.2) is 24.3 Å². The smallest absolute Gasteiger partial charge is 0.234 e. The molecule has 1 atom stereocenters. The van der Waals surface area contributed by atoms with E-state index in [4.69, 9.17) is 11.6 Å². The topological polar surface area (TPSA) is 41.1 Å². The van der Waals surface area contributed by atoms with Crippen LogP contribution in [0.25, 0.3) is 0 Å². The normalized spacial score (nSPS) is 11.4. The molecule has 0 saturated carbocycles. The van der Waals surface area contributed by atoms with Crippen molar-refractivity contribution in [1.29, 1.82) is 0 Å². The lowest BCUT2D eigenvalue weighted by Gasteiger charge is -2.15. The van der Waals surface area contributed by atoms with Gasteiger partial charge < -0.3 is 10.6 Å². The number of carbonyl (C=O) groups is 1. The Hall–Kier alpha value is -0.770. The zero-order chi connectivity index (χ0) is 11.3. The molecule has 0 bridgehead atoms. The predicted octanol–water partition coefficient (Wildman–Crippen LogP) is 2.16. The van der Waals surface area contributed by atoms with Crippen LogP contribution in [-0.4, -0.2) is 19.5 Å². The van der Waals surface area contributed by atoms with Gasteiger partial charge in [-0.1, -0.05) is 29.8 Å². The molecule has 3 nitrogen and oxygen atoms in total. The first kappa shape index (κ1) is 15.2. The number of rotatable bonds is 4. The summed E-state index contributed by atoms with van der Waals surface area (Å²) in [6.07, 6.45) is 0. The van der Waals surface area contributed by atoms with Gasteiger partial charge in [0.1, 0.15) is 0 Å². The molecule has 0 aliphatic carbocycles. The van der Waals surface area contributed by atoms with E-state index in [1.807, 2.05) is 31.2 Å². The summed E-state index contributed by atoms with van der Waals surface area (Å²) in [4.78, 5) is 11.3. The van der Waals surface area contributed by atoms with Gasteiger partial charge in [0.15, 0.2) is 0 Å². The van der Waals surface area contributed by atoms with Gasteiger partial charge in [0.25, 0.3) is 0 Å². The first-order valence-electron chi connectivity index (χ1n) is 4.83. The van der Waals surface area contributed by atoms with Crippen molar-refractivity contribution < 1.29 is 4.79 Å². The summed E-state index contributed by atoms with van der Waals surface area (Å²) >= 11 is 6.01. The minimum atomic E-state index is -0.0699. The lowest BCUT2D eigenvalue weighted by atomic mass is 10.1. The number of hydrogen-bond donors (Lipinski definition) is 2. The zero-order valence-corrected chi connectivity index (χ0v) is 10.9. The van der Waals surface area contributed by atoms with Gasteiger partial charge in [-0.25, -0.2) is 0 Å². The molecule has 16 heavy (non-hydrogen) atoms. The summed E-state index contributed by atoms with van der Waals surface area (Å²) in [6, 6.07) is 7.43. The Morgan fingerprint density at radius 3 is 2.62 bits per heavy atom. The van der Waals surface area contributed by atoms with E-state index in [9.17, 15) is 4.79 Å². The average molecular weight is 263 g/mol. The van der Waals surface area contributed by atoms with E-state index in [2.05, 4.69) is 10.6 Å². The van der Waals surface area contributed by atoms with Crippen LogP contribution in [0.2, 0.25) is 5.02 Å². The van der Waals surface area contributed by atoms with Crippen molar-refractivity contribution in [3.63, 3.8) is 0 Å². The van der Waals surface area contributed by atoms with E-state index in [-0.39, 0.29) is 24.4 Å². The van der Waals surface area contributed by atoms with E-state index in [1.54, 1.807) is 7.05 Å². The average Bonchev–Trinajstić information content (AvgIpc) is 2.18. The number of carbonyl (C=O) groups excluding carboxylic acids is 1. The van der Waals surface area contributed by atoms with Gasteiger partial charge in [-0.15, -0.1) is 12.4 Å². The maximum absolute atomic E-state index is 11.3. The van der Waals surface area contributed by atoms with Gasteiger partial charge in [0.2, 0.25) is 5.91 Å². The third-order valence-electron chi connectivity index (χ3n) is 2.09. The first-order valence-corrected chi connectivity index (χ1v) is 5.21. The number of amides is 1. The molecule has 0 heterocycles. The summed E-state index contributed by atoms with van der Waals surface area (Å²) in [5.74, 6) is -0.0371. The molecule has 0 spiro atoms. The molecule has 1 aromatic rings. The lowest BCUT2D eigenvalue weighted by Crippen LogP contribution is -2.34. The number of halogens is 2. The van der Waals surface area contributed by atoms with Crippen molar-refractivity contribution >= 4 is 29.9 Å². The van der Waals surface area contributed by atoms with Crippen molar-refractivity contribution in [3.05, 3.63) is 34.9 Å². The van der Waals surface area contributed by atoms with E-state index in [0.29, 0.717) is 11.6 Å². The molecular weight excluding hydrogens is 247 g/mol. The quantitative estimate of drug-likeness (QED) is 0.874. The van der Waals surface area contributed by atoms with Crippen LogP contribution < -0.4 is 10.6 Å². The molecule has 0 radical (unpaired) electrons. The maximum atomic E-state index is 11.3. The Bertz CT molecular complexity index is 345. The number of likely N-dealkylation sites (N-methyl/N-ethyl adjacent to an activating group) is 1. The Morgan fingerprint density at radius 1 is 1.44 bits per heavy atom. The number of benzene rings is 1. The Morgan fingerprint density at radius 2 is 2.06 bits per heavy atom. The fourth-order valence-electron chi connectivity index (χ4n) is 1.36. The standard InChI is InChI=1S/C11H15ClN2O.ClH/c1-8(14-11(15)7-13-2)9-5-3-4-6-10(9)12;/h3-6,8,13H,7H2,1-2H3,(H,14,15);1H. The molecule has 0 aliphatic rings. The summed E-state index contributed by atoms with van der Waals surface area (Å²) in [5, 5.41) is 6.32. The second-order valence-electron chi connectivity index (χ2n) is 3.34. The Labute approximate surface area is 107 Å². The van der Waals surface area contributed by atoms with Crippen molar-refractivity contribution in [1.82, 2.24) is 10.6 Å². The van der Waals surface area contributed by atoms with Gasteiger partial charge in [0, 0.05) is 5.02 Å². The summed E-state index contributed by atoms with van der Waals surface area (Å²) in [7, 11) is 1.74. The minimum Gasteiger partial charge on any atom is -0.348 e. The van der Waals surface area contributed by atoms with Crippen LogP contribution in [-0.2, 0) is 4.79 Å². The van der Waals surface area contributed by atoms with E-state index < -0.39 is 0 Å². The van der Waals surface area contributed by atoms with Crippen molar-refractivity contribution in [3.8, 4) is 0 Å². The molecular formula is C11H16Cl2N2O. The second-order valence-corrected chi connectivity index (χ2v) is 3.75. The van der Waals surface area contributed by atoms with Crippen LogP contribution >= 0.6 is 24.0 Å². The second kappa shape index (κ2) is 7.49. The summed E-state index contributed by atoms with van der Waals surface area (Å²) < 4.78 is 0. The van der Waals surface area contributed by atoms with E-state index in [0.717, 1.165) is 5.56 Å². The van der Waals surface area contributed by atoms with E-state index >= 15 is 0 Å². The van der Waals surface area contributed by atoms with Crippen LogP contribution in [0.5, 0.6) is 0 Å². The number of nitrogens with one attached hydrogen (secondary N) is 2. The first-order chi connectivity index (χ1) is 7.15. The third-order valence-corrected chi connectivity index (χ3v) is 2.43. The molecule has 1 amide bonds. The van der Waals surface area contributed by atoms with E-state index in [1.165, 1.54) is 0 Å². The van der Waals surface area contributed by atoms with Gasteiger partial charge in [-0.2, -0.15) is 0 Å². The molecule has 0 saturated heterocycles. The largest absolute Gasteiger partial charge is 0.348 e. The van der Waals surface area contributed by atoms with Gasteiger partial charge in [0.05, 0.1) is 12.6 Å². The van der Waals surface area contributed by atoms with Gasteiger partial charge >= 0.3 is 0 Å². The summed E-state index contributed by atoms with van der Waals surface area (Å²) in [6.45, 7) is 2.23. The third kappa shape index (κ3) is 4.39. The van der Waals surface area contributed by atoms with Crippen LogP contribution in [0.3, 0.4) is 0 Å². The molecule has 2 N–H and O–H groups in total. The van der Waals surface area contributed by atoms with Crippen molar-refractivity contribution in [2.75, 3.05) is 13.6 Å². The van der Waals surface area contributed by atoms with Crippen LogP contribution in [0.1, 0.15) is 18.5 Å². The minimum absolute atomic E-state index is 0. The summed E-state index contributed by atoms with van der Waals surface area (Å²) in [5.41, 5.74) is 0.934. The molecule has 1 unspecified atom stereocenters. The fourth-order valence-corrected chi connectivity index (χ4v) is 1.66.